The quantitative estimate of drug-likeness (QED) is 0.757. The van der Waals surface area contributed by atoms with Crippen molar-refractivity contribution >= 4 is 23.6 Å². The molecular weight excluding hydrogens is 226 g/mol. The normalized spacial score (nSPS) is 27.6. The van der Waals surface area contributed by atoms with Crippen LogP contribution in [0.2, 0.25) is 0 Å². The van der Waals surface area contributed by atoms with Crippen molar-refractivity contribution in [2.75, 3.05) is 18.8 Å². The molecule has 1 saturated carbocycles. The Morgan fingerprint density at radius 2 is 2.19 bits per heavy atom. The molecule has 1 aliphatic carbocycles. The van der Waals surface area contributed by atoms with Gasteiger partial charge in [0.2, 0.25) is 5.91 Å². The molecule has 1 atom stereocenters. The van der Waals surface area contributed by atoms with Crippen molar-refractivity contribution in [1.82, 2.24) is 4.90 Å². The van der Waals surface area contributed by atoms with Crippen molar-refractivity contribution in [2.45, 2.75) is 31.4 Å². The number of aliphatic carboxylic acids is 1. The van der Waals surface area contributed by atoms with Crippen LogP contribution in [0.4, 0.5) is 0 Å². The lowest BCUT2D eigenvalue weighted by Crippen LogP contribution is -2.47. The topological polar surface area (TPSA) is 57.6 Å². The molecule has 4 nitrogen and oxygen atoms in total. The minimum atomic E-state index is -1.06. The van der Waals surface area contributed by atoms with Crippen LogP contribution in [0.1, 0.15) is 26.2 Å². The first-order valence-corrected chi connectivity index (χ1v) is 6.79. The van der Waals surface area contributed by atoms with E-state index in [1.54, 1.807) is 4.90 Å². The van der Waals surface area contributed by atoms with Gasteiger partial charge in [-0.3, -0.25) is 9.59 Å². The fourth-order valence-corrected chi connectivity index (χ4v) is 3.28. The molecule has 0 bridgehead atoms. The third kappa shape index (κ3) is 1.93. The highest BCUT2D eigenvalue weighted by Gasteiger charge is 2.58. The molecule has 0 aromatic heterocycles. The van der Waals surface area contributed by atoms with Crippen molar-refractivity contribution in [3.8, 4) is 0 Å². The maximum Gasteiger partial charge on any atom is 0.319 e. The van der Waals surface area contributed by atoms with Crippen LogP contribution in [0.15, 0.2) is 0 Å². The monoisotopic (exact) mass is 243 g/mol. The Bertz CT molecular complexity index is 314. The third-order valence-electron chi connectivity index (χ3n) is 3.45. The van der Waals surface area contributed by atoms with Gasteiger partial charge in [-0.25, -0.2) is 0 Å². The highest BCUT2D eigenvalue weighted by Crippen LogP contribution is 2.47. The number of hydrogen-bond donors (Lipinski definition) is 1. The fraction of sp³-hybridized carbons (Fsp3) is 0.818. The average molecular weight is 243 g/mol. The Morgan fingerprint density at radius 3 is 2.69 bits per heavy atom. The van der Waals surface area contributed by atoms with Gasteiger partial charge in [0.15, 0.2) is 0 Å². The molecule has 16 heavy (non-hydrogen) atoms. The van der Waals surface area contributed by atoms with Crippen LogP contribution in [-0.2, 0) is 9.59 Å². The van der Waals surface area contributed by atoms with Gasteiger partial charge in [-0.05, 0) is 19.3 Å². The summed E-state index contributed by atoms with van der Waals surface area (Å²) in [6.45, 7) is 3.53. The predicted molar refractivity (Wildman–Crippen MR) is 62.4 cm³/mol. The zero-order chi connectivity index (χ0) is 11.8. The summed E-state index contributed by atoms with van der Waals surface area (Å²) in [7, 11) is 0. The van der Waals surface area contributed by atoms with Crippen LogP contribution < -0.4 is 0 Å². The zero-order valence-corrected chi connectivity index (χ0v) is 10.3. The van der Waals surface area contributed by atoms with Crippen LogP contribution in [0.3, 0.4) is 0 Å². The number of amides is 1. The molecule has 1 aliphatic heterocycles. The smallest absolute Gasteiger partial charge is 0.319 e. The number of hydrogen-bond acceptors (Lipinski definition) is 3. The van der Waals surface area contributed by atoms with Crippen LogP contribution in [0.5, 0.6) is 0 Å². The van der Waals surface area contributed by atoms with E-state index in [4.69, 9.17) is 5.11 Å². The van der Waals surface area contributed by atoms with Crippen LogP contribution in [0, 0.1) is 5.41 Å². The largest absolute Gasteiger partial charge is 0.480 e. The molecule has 0 spiro atoms. The van der Waals surface area contributed by atoms with Gasteiger partial charge < -0.3 is 10.0 Å². The maximum atomic E-state index is 12.1. The highest BCUT2D eigenvalue weighted by atomic mass is 32.2. The van der Waals surface area contributed by atoms with Gasteiger partial charge in [0.1, 0.15) is 5.41 Å². The number of carbonyl (C=O) groups excluding carboxylic acids is 1. The van der Waals surface area contributed by atoms with E-state index in [0.29, 0.717) is 24.6 Å². The summed E-state index contributed by atoms with van der Waals surface area (Å²) >= 11 is 1.88. The van der Waals surface area contributed by atoms with Crippen LogP contribution in [-0.4, -0.2) is 46.0 Å². The Kier molecular flexibility index (Phi) is 3.15. The Balaban J connectivity index is 2.02. The Hall–Kier alpha value is -0.710. The summed E-state index contributed by atoms with van der Waals surface area (Å²) < 4.78 is 0. The number of carboxylic acid groups (broad SMARTS) is 1. The van der Waals surface area contributed by atoms with Crippen molar-refractivity contribution < 1.29 is 14.7 Å². The molecule has 1 N–H and O–H groups in total. The molecule has 5 heteroatoms. The lowest BCUT2D eigenvalue weighted by molar-refractivity contribution is -0.153. The van der Waals surface area contributed by atoms with Gasteiger partial charge in [-0.15, -0.1) is 0 Å². The molecule has 2 aliphatic rings. The number of rotatable bonds is 3. The van der Waals surface area contributed by atoms with Crippen molar-refractivity contribution in [1.29, 1.82) is 0 Å². The van der Waals surface area contributed by atoms with E-state index in [2.05, 4.69) is 6.92 Å². The van der Waals surface area contributed by atoms with Gasteiger partial charge in [0, 0.05) is 24.1 Å². The van der Waals surface area contributed by atoms with Gasteiger partial charge >= 0.3 is 5.97 Å². The second-order valence-electron chi connectivity index (χ2n) is 4.54. The molecular formula is C11H17NO3S. The average Bonchev–Trinajstić information content (AvgIpc) is 3.09. The first kappa shape index (κ1) is 11.8. The zero-order valence-electron chi connectivity index (χ0n) is 9.44. The van der Waals surface area contributed by atoms with Gasteiger partial charge in [0.05, 0.1) is 0 Å². The van der Waals surface area contributed by atoms with E-state index in [0.717, 1.165) is 18.7 Å². The fourth-order valence-electron chi connectivity index (χ4n) is 2.10. The predicted octanol–water partition coefficient (Wildman–Crippen LogP) is 1.21. The van der Waals surface area contributed by atoms with E-state index in [1.165, 1.54) is 0 Å². The summed E-state index contributed by atoms with van der Waals surface area (Å²) in [6, 6.07) is 0. The molecule has 1 unspecified atom stereocenters. The number of carbonyl (C=O) groups is 2. The molecule has 1 amide bonds. The summed E-state index contributed by atoms with van der Waals surface area (Å²) in [5.74, 6) is -0.164. The van der Waals surface area contributed by atoms with Crippen molar-refractivity contribution in [3.05, 3.63) is 0 Å². The Labute approximate surface area is 99.4 Å². The van der Waals surface area contributed by atoms with E-state index in [-0.39, 0.29) is 5.91 Å². The van der Waals surface area contributed by atoms with Gasteiger partial charge in [0.25, 0.3) is 0 Å². The molecule has 1 saturated heterocycles. The lowest BCUT2D eigenvalue weighted by atomic mass is 10.1. The molecule has 2 fully saturated rings. The van der Waals surface area contributed by atoms with Crippen LogP contribution >= 0.6 is 11.8 Å². The second kappa shape index (κ2) is 4.28. The second-order valence-corrected chi connectivity index (χ2v) is 5.95. The Morgan fingerprint density at radius 1 is 1.50 bits per heavy atom. The summed E-state index contributed by atoms with van der Waals surface area (Å²) in [6.07, 6.45) is 2.07. The molecule has 1 heterocycles. The molecule has 0 aromatic carbocycles. The first-order valence-electron chi connectivity index (χ1n) is 5.74. The van der Waals surface area contributed by atoms with Crippen molar-refractivity contribution in [3.63, 3.8) is 0 Å². The van der Waals surface area contributed by atoms with Crippen LogP contribution in [0.25, 0.3) is 0 Å². The molecule has 90 valence electrons. The van der Waals surface area contributed by atoms with E-state index in [1.807, 2.05) is 11.8 Å². The molecule has 0 aromatic rings. The van der Waals surface area contributed by atoms with E-state index < -0.39 is 11.4 Å². The summed E-state index contributed by atoms with van der Waals surface area (Å²) in [4.78, 5) is 24.9. The van der Waals surface area contributed by atoms with E-state index in [9.17, 15) is 9.59 Å². The number of carboxylic acids is 1. The number of nitrogens with zero attached hydrogens (tertiary/aromatic N) is 1. The summed E-state index contributed by atoms with van der Waals surface area (Å²) in [5, 5.41) is 9.55. The standard InChI is InChI=1S/C11H17NO3S/c1-2-8-7-12(5-6-16-8)9(13)11(3-4-11)10(14)15/h8H,2-7H2,1H3,(H,14,15). The maximum absolute atomic E-state index is 12.1. The SMILES string of the molecule is CCC1CN(C(=O)C2(C(=O)O)CC2)CCS1. The lowest BCUT2D eigenvalue weighted by Gasteiger charge is -2.33. The van der Waals surface area contributed by atoms with E-state index >= 15 is 0 Å². The first-order chi connectivity index (χ1) is 7.60. The van der Waals surface area contributed by atoms with Gasteiger partial charge in [-0.2, -0.15) is 11.8 Å². The third-order valence-corrected chi connectivity index (χ3v) is 4.82. The molecule has 0 radical (unpaired) electrons. The minimum Gasteiger partial charge on any atom is -0.480 e. The molecule has 2 rings (SSSR count). The summed E-state index contributed by atoms with van der Waals surface area (Å²) in [5.41, 5.74) is -1.06. The number of thioether (sulfide) groups is 1. The minimum absolute atomic E-state index is 0.154. The van der Waals surface area contributed by atoms with Gasteiger partial charge in [-0.1, -0.05) is 6.92 Å². The highest BCUT2D eigenvalue weighted by molar-refractivity contribution is 8.00. The van der Waals surface area contributed by atoms with Crippen molar-refractivity contribution in [2.24, 2.45) is 5.41 Å².